The number of hydrogen-bond acceptors (Lipinski definition) is 3. The van der Waals surface area contributed by atoms with Gasteiger partial charge in [0.15, 0.2) is 0 Å². The molecule has 3 aromatic carbocycles. The lowest BCUT2D eigenvalue weighted by atomic mass is 10.0. The van der Waals surface area contributed by atoms with Crippen molar-refractivity contribution >= 4 is 11.9 Å². The Bertz CT molecular complexity index is 988. The maximum Gasteiger partial charge on any atom is 0.336 e. The van der Waals surface area contributed by atoms with Crippen LogP contribution in [0.25, 0.3) is 0 Å². The molecule has 3 N–H and O–H groups in total. The molecule has 7 heteroatoms. The molecular weight excluding hydrogens is 404 g/mol. The molecule has 0 heterocycles. The lowest BCUT2D eigenvalue weighted by Crippen LogP contribution is -2.22. The Morgan fingerprint density at radius 1 is 0.710 bits per heavy atom. The van der Waals surface area contributed by atoms with Crippen LogP contribution in [0.1, 0.15) is 57.8 Å². The Morgan fingerprint density at radius 3 is 1.58 bits per heavy atom. The number of aromatic carboxylic acids is 2. The van der Waals surface area contributed by atoms with Gasteiger partial charge < -0.3 is 15.5 Å². The zero-order valence-electron chi connectivity index (χ0n) is 17.0. The molecular formula is C24H23F2NO4. The fraction of sp³-hybridized carbons (Fsp3) is 0.167. The SMILES string of the molecule is CC(NC(C)c1cc(F)cc(F)c1)c1ccccc1.O=C(O)c1ccccc1C(=O)O. The molecule has 162 valence electrons. The molecule has 0 aliphatic heterocycles. The van der Waals surface area contributed by atoms with Gasteiger partial charge in [-0.3, -0.25) is 0 Å². The highest BCUT2D eigenvalue weighted by atomic mass is 19.1. The summed E-state index contributed by atoms with van der Waals surface area (Å²) in [5.74, 6) is -3.55. The van der Waals surface area contributed by atoms with Gasteiger partial charge in [-0.05, 0) is 49.2 Å². The second kappa shape index (κ2) is 11.0. The third kappa shape index (κ3) is 7.01. The normalized spacial score (nSPS) is 12.3. The number of carboxylic acid groups (broad SMARTS) is 2. The van der Waals surface area contributed by atoms with E-state index in [1.807, 2.05) is 44.2 Å². The molecule has 0 radical (unpaired) electrons. The Balaban J connectivity index is 0.000000245. The lowest BCUT2D eigenvalue weighted by Gasteiger charge is -2.21. The fourth-order valence-corrected chi connectivity index (χ4v) is 2.99. The number of nitrogens with one attached hydrogen (secondary N) is 1. The molecule has 31 heavy (non-hydrogen) atoms. The summed E-state index contributed by atoms with van der Waals surface area (Å²) in [7, 11) is 0. The van der Waals surface area contributed by atoms with Crippen LogP contribution in [-0.4, -0.2) is 22.2 Å². The minimum atomic E-state index is -1.23. The summed E-state index contributed by atoms with van der Waals surface area (Å²) >= 11 is 0. The Kier molecular flexibility index (Phi) is 8.40. The first-order chi connectivity index (χ1) is 14.7. The highest BCUT2D eigenvalue weighted by molar-refractivity contribution is 6.01. The smallest absolute Gasteiger partial charge is 0.336 e. The molecule has 0 fully saturated rings. The van der Waals surface area contributed by atoms with E-state index in [1.165, 1.54) is 36.4 Å². The molecule has 0 amide bonds. The zero-order chi connectivity index (χ0) is 23.0. The first kappa shape index (κ1) is 23.7. The summed E-state index contributed by atoms with van der Waals surface area (Å²) in [6.45, 7) is 3.93. The second-order valence-corrected chi connectivity index (χ2v) is 6.88. The van der Waals surface area contributed by atoms with Gasteiger partial charge in [0.05, 0.1) is 11.1 Å². The molecule has 3 rings (SSSR count). The number of carbonyl (C=O) groups is 2. The van der Waals surface area contributed by atoms with Crippen LogP contribution in [-0.2, 0) is 0 Å². The average molecular weight is 427 g/mol. The molecule has 5 nitrogen and oxygen atoms in total. The molecule has 0 bridgehead atoms. The van der Waals surface area contributed by atoms with E-state index < -0.39 is 23.6 Å². The van der Waals surface area contributed by atoms with Crippen molar-refractivity contribution in [1.29, 1.82) is 0 Å². The van der Waals surface area contributed by atoms with Crippen LogP contribution in [0.4, 0.5) is 8.78 Å². The third-order valence-corrected chi connectivity index (χ3v) is 4.57. The van der Waals surface area contributed by atoms with Crippen LogP contribution < -0.4 is 5.32 Å². The number of rotatable bonds is 6. The first-order valence-corrected chi connectivity index (χ1v) is 9.51. The van der Waals surface area contributed by atoms with Crippen molar-refractivity contribution in [1.82, 2.24) is 5.32 Å². The van der Waals surface area contributed by atoms with Gasteiger partial charge in [-0.1, -0.05) is 42.5 Å². The standard InChI is InChI=1S/C16H17F2N.C8H6O4/c1-11(13-6-4-3-5-7-13)19-12(2)14-8-15(17)10-16(18)9-14;9-7(10)5-3-1-2-4-6(5)8(11)12/h3-12,19H,1-2H3;1-4H,(H,9,10)(H,11,12). The average Bonchev–Trinajstić information content (AvgIpc) is 2.74. The molecule has 2 unspecified atom stereocenters. The van der Waals surface area contributed by atoms with E-state index in [0.29, 0.717) is 5.56 Å². The number of halogens is 2. The topological polar surface area (TPSA) is 86.6 Å². The van der Waals surface area contributed by atoms with Crippen LogP contribution in [0, 0.1) is 11.6 Å². The van der Waals surface area contributed by atoms with Crippen molar-refractivity contribution in [3.63, 3.8) is 0 Å². The molecule has 2 atom stereocenters. The quantitative estimate of drug-likeness (QED) is 0.486. The number of hydrogen-bond donors (Lipinski definition) is 3. The van der Waals surface area contributed by atoms with Crippen LogP contribution >= 0.6 is 0 Å². The van der Waals surface area contributed by atoms with E-state index in [9.17, 15) is 18.4 Å². The maximum atomic E-state index is 13.2. The van der Waals surface area contributed by atoms with E-state index in [-0.39, 0.29) is 23.2 Å². The zero-order valence-corrected chi connectivity index (χ0v) is 17.0. The van der Waals surface area contributed by atoms with Crippen LogP contribution in [0.3, 0.4) is 0 Å². The van der Waals surface area contributed by atoms with Gasteiger partial charge in [0, 0.05) is 18.2 Å². The van der Waals surface area contributed by atoms with Crippen molar-refractivity contribution in [2.45, 2.75) is 25.9 Å². The van der Waals surface area contributed by atoms with Gasteiger partial charge in [0.2, 0.25) is 0 Å². The van der Waals surface area contributed by atoms with E-state index >= 15 is 0 Å². The summed E-state index contributed by atoms with van der Waals surface area (Å²) in [5, 5.41) is 20.4. The van der Waals surface area contributed by atoms with Crippen LogP contribution in [0.5, 0.6) is 0 Å². The summed E-state index contributed by atoms with van der Waals surface area (Å²) in [5.41, 5.74) is 1.38. The fourth-order valence-electron chi connectivity index (χ4n) is 2.99. The molecule has 0 saturated heterocycles. The van der Waals surface area contributed by atoms with E-state index in [0.717, 1.165) is 11.6 Å². The Morgan fingerprint density at radius 2 is 1.13 bits per heavy atom. The molecule has 0 aliphatic carbocycles. The van der Waals surface area contributed by atoms with Crippen molar-refractivity contribution in [2.24, 2.45) is 0 Å². The monoisotopic (exact) mass is 427 g/mol. The van der Waals surface area contributed by atoms with Gasteiger partial charge in [0.25, 0.3) is 0 Å². The second-order valence-electron chi connectivity index (χ2n) is 6.88. The van der Waals surface area contributed by atoms with Gasteiger partial charge in [-0.25, -0.2) is 18.4 Å². The number of carboxylic acids is 2. The predicted octanol–water partition coefficient (Wildman–Crippen LogP) is 5.46. The number of benzene rings is 3. The largest absolute Gasteiger partial charge is 0.478 e. The summed E-state index contributed by atoms with van der Waals surface area (Å²) in [4.78, 5) is 20.9. The van der Waals surface area contributed by atoms with Crippen molar-refractivity contribution in [3.05, 3.63) is 107 Å². The van der Waals surface area contributed by atoms with E-state index in [2.05, 4.69) is 5.32 Å². The van der Waals surface area contributed by atoms with E-state index in [1.54, 1.807) is 0 Å². The van der Waals surface area contributed by atoms with Gasteiger partial charge in [-0.2, -0.15) is 0 Å². The maximum absolute atomic E-state index is 13.2. The van der Waals surface area contributed by atoms with Crippen LogP contribution in [0.15, 0.2) is 72.8 Å². The molecule has 0 aromatic heterocycles. The van der Waals surface area contributed by atoms with Crippen molar-refractivity contribution in [3.8, 4) is 0 Å². The summed E-state index contributed by atoms with van der Waals surface area (Å²) < 4.78 is 26.4. The summed E-state index contributed by atoms with van der Waals surface area (Å²) in [6, 6.07) is 19.0. The van der Waals surface area contributed by atoms with Crippen molar-refractivity contribution < 1.29 is 28.6 Å². The highest BCUT2D eigenvalue weighted by Gasteiger charge is 2.14. The van der Waals surface area contributed by atoms with Gasteiger partial charge >= 0.3 is 11.9 Å². The third-order valence-electron chi connectivity index (χ3n) is 4.57. The molecule has 3 aromatic rings. The first-order valence-electron chi connectivity index (χ1n) is 9.51. The lowest BCUT2D eigenvalue weighted by molar-refractivity contribution is 0.0651. The van der Waals surface area contributed by atoms with Gasteiger partial charge in [0.1, 0.15) is 11.6 Å². The Labute approximate surface area is 179 Å². The summed E-state index contributed by atoms with van der Waals surface area (Å²) in [6.07, 6.45) is 0. The molecule has 0 saturated carbocycles. The van der Waals surface area contributed by atoms with Crippen molar-refractivity contribution in [2.75, 3.05) is 0 Å². The Hall–Kier alpha value is -3.58. The van der Waals surface area contributed by atoms with Crippen LogP contribution in [0.2, 0.25) is 0 Å². The molecule has 0 aliphatic rings. The molecule has 0 spiro atoms. The van der Waals surface area contributed by atoms with E-state index in [4.69, 9.17) is 10.2 Å². The predicted molar refractivity (Wildman–Crippen MR) is 113 cm³/mol. The highest BCUT2D eigenvalue weighted by Crippen LogP contribution is 2.20. The minimum absolute atomic E-state index is 0.113. The van der Waals surface area contributed by atoms with Gasteiger partial charge in [-0.15, -0.1) is 0 Å². The minimum Gasteiger partial charge on any atom is -0.478 e.